The predicted molar refractivity (Wildman–Crippen MR) is 80.3 cm³/mol. The van der Waals surface area contributed by atoms with Crippen molar-refractivity contribution >= 4 is 0 Å². The highest BCUT2D eigenvalue weighted by atomic mass is 19.1. The molecule has 1 N–H and O–H groups in total. The molecule has 0 spiro atoms. The molecule has 2 aromatic carbocycles. The summed E-state index contributed by atoms with van der Waals surface area (Å²) in [6.45, 7) is 8.17. The van der Waals surface area contributed by atoms with Gasteiger partial charge in [0.05, 0.1) is 0 Å². The van der Waals surface area contributed by atoms with Crippen LogP contribution in [0.4, 0.5) is 4.39 Å². The third-order valence-corrected chi connectivity index (χ3v) is 3.59. The van der Waals surface area contributed by atoms with E-state index in [1.165, 1.54) is 11.6 Å². The molecule has 0 radical (unpaired) electrons. The van der Waals surface area contributed by atoms with E-state index in [-0.39, 0.29) is 11.2 Å². The predicted octanol–water partition coefficient (Wildman–Crippen LogP) is 4.51. The van der Waals surface area contributed by atoms with E-state index in [0.29, 0.717) is 11.1 Å². The molecule has 0 aliphatic heterocycles. The van der Waals surface area contributed by atoms with Crippen molar-refractivity contribution in [1.82, 2.24) is 0 Å². The van der Waals surface area contributed by atoms with E-state index in [2.05, 4.69) is 20.8 Å². The van der Waals surface area contributed by atoms with Gasteiger partial charge in [-0.1, -0.05) is 57.2 Å². The summed E-state index contributed by atoms with van der Waals surface area (Å²) in [5.41, 5.74) is 3.41. The Labute approximate surface area is 120 Å². The molecule has 0 amide bonds. The highest BCUT2D eigenvalue weighted by Gasteiger charge is 2.15. The highest BCUT2D eigenvalue weighted by Crippen LogP contribution is 2.27. The molecule has 106 valence electrons. The molecule has 2 aromatic rings. The van der Waals surface area contributed by atoms with Gasteiger partial charge in [0.2, 0.25) is 0 Å². The number of hydrogen-bond acceptors (Lipinski definition) is 1. The Morgan fingerprint density at radius 1 is 0.950 bits per heavy atom. The van der Waals surface area contributed by atoms with Gasteiger partial charge in [-0.2, -0.15) is 0 Å². The first-order chi connectivity index (χ1) is 9.29. The van der Waals surface area contributed by atoms with Crippen molar-refractivity contribution in [3.63, 3.8) is 0 Å². The molecule has 0 aliphatic rings. The Balaban J connectivity index is 2.29. The third kappa shape index (κ3) is 3.07. The van der Waals surface area contributed by atoms with E-state index in [4.69, 9.17) is 0 Å². The van der Waals surface area contributed by atoms with Gasteiger partial charge in [-0.3, -0.25) is 0 Å². The van der Waals surface area contributed by atoms with Gasteiger partial charge in [-0.15, -0.1) is 0 Å². The van der Waals surface area contributed by atoms with Crippen molar-refractivity contribution in [1.29, 1.82) is 0 Å². The quantitative estimate of drug-likeness (QED) is 0.852. The fourth-order valence-electron chi connectivity index (χ4n) is 2.20. The maximum atomic E-state index is 13.3. The van der Waals surface area contributed by atoms with Gasteiger partial charge in [0, 0.05) is 0 Å². The van der Waals surface area contributed by atoms with Crippen LogP contribution in [0, 0.1) is 12.7 Å². The van der Waals surface area contributed by atoms with E-state index in [9.17, 15) is 9.50 Å². The monoisotopic (exact) mass is 272 g/mol. The van der Waals surface area contributed by atoms with E-state index in [0.717, 1.165) is 5.56 Å². The zero-order valence-corrected chi connectivity index (χ0v) is 12.4. The Morgan fingerprint density at radius 2 is 1.50 bits per heavy atom. The molecule has 0 fully saturated rings. The molecule has 0 aliphatic carbocycles. The first-order valence-corrected chi connectivity index (χ1v) is 6.83. The number of benzene rings is 2. The fourth-order valence-corrected chi connectivity index (χ4v) is 2.20. The minimum atomic E-state index is -0.719. The van der Waals surface area contributed by atoms with Crippen molar-refractivity contribution in [3.8, 4) is 0 Å². The molecule has 1 nitrogen and oxygen atoms in total. The fraction of sp³-hybridized carbons (Fsp3) is 0.333. The van der Waals surface area contributed by atoms with E-state index in [1.54, 1.807) is 19.1 Å². The molecular weight excluding hydrogens is 251 g/mol. The number of halogens is 1. The number of aliphatic hydroxyl groups excluding tert-OH is 1. The van der Waals surface area contributed by atoms with Gasteiger partial charge in [-0.25, -0.2) is 4.39 Å². The summed E-state index contributed by atoms with van der Waals surface area (Å²) in [4.78, 5) is 0. The Hall–Kier alpha value is -1.67. The van der Waals surface area contributed by atoms with Crippen LogP contribution in [0.2, 0.25) is 0 Å². The summed E-state index contributed by atoms with van der Waals surface area (Å²) in [7, 11) is 0. The lowest BCUT2D eigenvalue weighted by Gasteiger charge is -2.20. The van der Waals surface area contributed by atoms with Crippen LogP contribution >= 0.6 is 0 Å². The first-order valence-electron chi connectivity index (χ1n) is 6.83. The van der Waals surface area contributed by atoms with Gasteiger partial charge in [-0.05, 0) is 40.7 Å². The van der Waals surface area contributed by atoms with Gasteiger partial charge in [0.1, 0.15) is 11.9 Å². The summed E-state index contributed by atoms with van der Waals surface area (Å²) < 4.78 is 13.3. The maximum absolute atomic E-state index is 13.3. The molecule has 1 unspecified atom stereocenters. The molecule has 0 heterocycles. The smallest absolute Gasteiger partial charge is 0.126 e. The van der Waals surface area contributed by atoms with Crippen LogP contribution in [0.15, 0.2) is 42.5 Å². The lowest BCUT2D eigenvalue weighted by Crippen LogP contribution is -2.11. The molecule has 1 atom stereocenters. The van der Waals surface area contributed by atoms with E-state index < -0.39 is 6.10 Å². The van der Waals surface area contributed by atoms with Gasteiger partial charge in [0.25, 0.3) is 0 Å². The lowest BCUT2D eigenvalue weighted by atomic mass is 9.86. The number of aryl methyl sites for hydroxylation is 1. The normalized spacial score (nSPS) is 13.3. The third-order valence-electron chi connectivity index (χ3n) is 3.59. The number of hydrogen-bond donors (Lipinski definition) is 1. The molecule has 0 saturated carbocycles. The Bertz CT molecular complexity index is 594. The molecular formula is C18H21FO. The minimum absolute atomic E-state index is 0.0932. The van der Waals surface area contributed by atoms with Crippen LogP contribution in [-0.4, -0.2) is 5.11 Å². The van der Waals surface area contributed by atoms with Crippen LogP contribution in [0.3, 0.4) is 0 Å². The standard InChI is InChI=1S/C18H21FO/c1-12-11-14(7-10-16(12)19)17(20)13-5-8-15(9-6-13)18(2,3)4/h5-11,17,20H,1-4H3. The minimum Gasteiger partial charge on any atom is -0.384 e. The Kier molecular flexibility index (Phi) is 3.96. The van der Waals surface area contributed by atoms with Crippen molar-refractivity contribution in [2.45, 2.75) is 39.2 Å². The topological polar surface area (TPSA) is 20.2 Å². The lowest BCUT2D eigenvalue weighted by molar-refractivity contribution is 0.220. The van der Waals surface area contributed by atoms with Crippen LogP contribution in [-0.2, 0) is 5.41 Å². The average Bonchev–Trinajstić information content (AvgIpc) is 2.40. The molecule has 20 heavy (non-hydrogen) atoms. The van der Waals surface area contributed by atoms with E-state index >= 15 is 0 Å². The zero-order chi connectivity index (χ0) is 14.9. The van der Waals surface area contributed by atoms with Crippen molar-refractivity contribution < 1.29 is 9.50 Å². The highest BCUT2D eigenvalue weighted by molar-refractivity contribution is 5.35. The largest absolute Gasteiger partial charge is 0.384 e. The van der Waals surface area contributed by atoms with Crippen molar-refractivity contribution in [2.24, 2.45) is 0 Å². The number of rotatable bonds is 2. The van der Waals surface area contributed by atoms with Gasteiger partial charge < -0.3 is 5.11 Å². The van der Waals surface area contributed by atoms with E-state index in [1.807, 2.05) is 24.3 Å². The summed E-state index contributed by atoms with van der Waals surface area (Å²) in [6, 6.07) is 12.7. The molecule has 2 rings (SSSR count). The summed E-state index contributed by atoms with van der Waals surface area (Å²) in [6.07, 6.45) is -0.719. The second-order valence-corrected chi connectivity index (χ2v) is 6.28. The summed E-state index contributed by atoms with van der Waals surface area (Å²) >= 11 is 0. The van der Waals surface area contributed by atoms with Gasteiger partial charge in [0.15, 0.2) is 0 Å². The molecule has 0 saturated heterocycles. The van der Waals surface area contributed by atoms with Crippen LogP contribution in [0.5, 0.6) is 0 Å². The molecule has 2 heteroatoms. The second kappa shape index (κ2) is 5.37. The van der Waals surface area contributed by atoms with Gasteiger partial charge >= 0.3 is 0 Å². The summed E-state index contributed by atoms with van der Waals surface area (Å²) in [5, 5.41) is 10.4. The van der Waals surface area contributed by atoms with Crippen LogP contribution in [0.1, 0.15) is 49.1 Å². The average molecular weight is 272 g/mol. The van der Waals surface area contributed by atoms with Crippen molar-refractivity contribution in [3.05, 3.63) is 70.5 Å². The molecule has 0 bridgehead atoms. The Morgan fingerprint density at radius 3 is 2.00 bits per heavy atom. The zero-order valence-electron chi connectivity index (χ0n) is 12.4. The van der Waals surface area contributed by atoms with Crippen LogP contribution < -0.4 is 0 Å². The summed E-state index contributed by atoms with van der Waals surface area (Å²) in [5.74, 6) is -0.246. The van der Waals surface area contributed by atoms with Crippen molar-refractivity contribution in [2.75, 3.05) is 0 Å². The number of aliphatic hydroxyl groups is 1. The SMILES string of the molecule is Cc1cc(C(O)c2ccc(C(C)(C)C)cc2)ccc1F. The maximum Gasteiger partial charge on any atom is 0.126 e. The first kappa shape index (κ1) is 14.7. The second-order valence-electron chi connectivity index (χ2n) is 6.28. The molecule has 0 aromatic heterocycles. The van der Waals surface area contributed by atoms with Crippen LogP contribution in [0.25, 0.3) is 0 Å².